The van der Waals surface area contributed by atoms with Gasteiger partial charge in [-0.3, -0.25) is 9.98 Å². The normalized spacial score (nSPS) is 15.8. The number of ether oxygens (including phenoxy) is 1. The van der Waals surface area contributed by atoms with Crippen molar-refractivity contribution in [1.82, 2.24) is 15.2 Å². The molecule has 2 aromatic rings. The van der Waals surface area contributed by atoms with Gasteiger partial charge in [-0.1, -0.05) is 30.3 Å². The number of methoxy groups -OCH3 is 1. The molecule has 1 aromatic carbocycles. The lowest BCUT2D eigenvalue weighted by molar-refractivity contribution is 0.403. The molecule has 0 saturated carbocycles. The lowest BCUT2D eigenvalue weighted by atomic mass is 10.1. The van der Waals surface area contributed by atoms with Crippen molar-refractivity contribution < 1.29 is 4.74 Å². The first kappa shape index (κ1) is 19.5. The molecule has 1 aliphatic rings. The van der Waals surface area contributed by atoms with Crippen molar-refractivity contribution in [3.05, 3.63) is 58.9 Å². The maximum Gasteiger partial charge on any atom is 0.194 e. The largest absolute Gasteiger partial charge is 0.496 e. The SMILES string of the molecule is COc1c(C)cnc(CN(C)C2=NCC(c3ccccc3)N2)c1C.I. The molecule has 0 bridgehead atoms. The summed E-state index contributed by atoms with van der Waals surface area (Å²) >= 11 is 0. The summed E-state index contributed by atoms with van der Waals surface area (Å²) in [5.41, 5.74) is 4.41. The average molecular weight is 452 g/mol. The number of aromatic nitrogens is 1. The Labute approximate surface area is 166 Å². The number of rotatable bonds is 4. The van der Waals surface area contributed by atoms with Crippen LogP contribution < -0.4 is 10.1 Å². The molecule has 1 atom stereocenters. The summed E-state index contributed by atoms with van der Waals surface area (Å²) in [6, 6.07) is 10.7. The van der Waals surface area contributed by atoms with Crippen LogP contribution in [-0.2, 0) is 6.54 Å². The Morgan fingerprint density at radius 2 is 1.96 bits per heavy atom. The summed E-state index contributed by atoms with van der Waals surface area (Å²) in [4.78, 5) is 11.3. The molecular formula is C19H25IN4O. The molecule has 0 aliphatic carbocycles. The average Bonchev–Trinajstić information content (AvgIpc) is 3.09. The van der Waals surface area contributed by atoms with E-state index >= 15 is 0 Å². The van der Waals surface area contributed by atoms with Crippen LogP contribution in [0.25, 0.3) is 0 Å². The fraction of sp³-hybridized carbons (Fsp3) is 0.368. The maximum atomic E-state index is 5.49. The van der Waals surface area contributed by atoms with Crippen molar-refractivity contribution in [2.75, 3.05) is 20.7 Å². The van der Waals surface area contributed by atoms with E-state index in [1.165, 1.54) is 5.56 Å². The van der Waals surface area contributed by atoms with Gasteiger partial charge in [-0.15, -0.1) is 24.0 Å². The second kappa shape index (κ2) is 8.51. The third kappa shape index (κ3) is 4.23. The van der Waals surface area contributed by atoms with Crippen molar-refractivity contribution in [3.63, 3.8) is 0 Å². The zero-order valence-corrected chi connectivity index (χ0v) is 17.4. The van der Waals surface area contributed by atoms with E-state index in [-0.39, 0.29) is 30.0 Å². The van der Waals surface area contributed by atoms with Crippen molar-refractivity contribution >= 4 is 29.9 Å². The molecule has 0 saturated heterocycles. The molecule has 0 radical (unpaired) electrons. The van der Waals surface area contributed by atoms with Crippen LogP contribution in [0.4, 0.5) is 0 Å². The first-order valence-corrected chi connectivity index (χ1v) is 8.16. The Hall–Kier alpha value is -1.83. The minimum absolute atomic E-state index is 0. The van der Waals surface area contributed by atoms with Crippen LogP contribution in [0.2, 0.25) is 0 Å². The molecule has 2 heterocycles. The van der Waals surface area contributed by atoms with Crippen molar-refractivity contribution in [1.29, 1.82) is 0 Å². The van der Waals surface area contributed by atoms with Gasteiger partial charge in [0.15, 0.2) is 5.96 Å². The van der Waals surface area contributed by atoms with Crippen molar-refractivity contribution in [2.24, 2.45) is 4.99 Å². The number of nitrogens with one attached hydrogen (secondary N) is 1. The second-order valence-corrected chi connectivity index (χ2v) is 6.17. The Balaban J connectivity index is 0.00000225. The van der Waals surface area contributed by atoms with E-state index in [4.69, 9.17) is 4.74 Å². The Morgan fingerprint density at radius 3 is 2.64 bits per heavy atom. The first-order valence-electron chi connectivity index (χ1n) is 8.16. The molecule has 0 fully saturated rings. The molecule has 1 N–H and O–H groups in total. The Bertz CT molecular complexity index is 749. The molecule has 0 spiro atoms. The number of pyridine rings is 1. The zero-order chi connectivity index (χ0) is 17.1. The number of halogens is 1. The summed E-state index contributed by atoms with van der Waals surface area (Å²) in [5, 5.41) is 3.50. The monoisotopic (exact) mass is 452 g/mol. The van der Waals surface area contributed by atoms with Gasteiger partial charge in [0.1, 0.15) is 5.75 Å². The van der Waals surface area contributed by atoms with E-state index < -0.39 is 0 Å². The van der Waals surface area contributed by atoms with Crippen LogP contribution in [0.5, 0.6) is 5.75 Å². The third-order valence-corrected chi connectivity index (χ3v) is 4.43. The summed E-state index contributed by atoms with van der Waals surface area (Å²) in [6.45, 7) is 5.52. The van der Waals surface area contributed by atoms with Gasteiger partial charge in [-0.25, -0.2) is 0 Å². The second-order valence-electron chi connectivity index (χ2n) is 6.17. The third-order valence-electron chi connectivity index (χ3n) is 4.43. The minimum atomic E-state index is 0. The molecule has 5 nitrogen and oxygen atoms in total. The van der Waals surface area contributed by atoms with Gasteiger partial charge in [0, 0.05) is 24.4 Å². The number of nitrogens with zero attached hydrogens (tertiary/aromatic N) is 3. The summed E-state index contributed by atoms with van der Waals surface area (Å²) < 4.78 is 5.49. The lowest BCUT2D eigenvalue weighted by Crippen LogP contribution is -2.37. The van der Waals surface area contributed by atoms with E-state index in [0.717, 1.165) is 35.1 Å². The maximum absolute atomic E-state index is 5.49. The fourth-order valence-electron chi connectivity index (χ4n) is 3.06. The van der Waals surface area contributed by atoms with E-state index in [9.17, 15) is 0 Å². The summed E-state index contributed by atoms with van der Waals surface area (Å²) in [6.07, 6.45) is 1.87. The van der Waals surface area contributed by atoms with Gasteiger partial charge >= 0.3 is 0 Å². The number of guanidine groups is 1. The highest BCUT2D eigenvalue weighted by Gasteiger charge is 2.22. The Kier molecular flexibility index (Phi) is 6.64. The van der Waals surface area contributed by atoms with Gasteiger partial charge in [-0.05, 0) is 19.4 Å². The van der Waals surface area contributed by atoms with Crippen LogP contribution in [0, 0.1) is 13.8 Å². The van der Waals surface area contributed by atoms with Crippen LogP contribution in [0.3, 0.4) is 0 Å². The molecule has 3 rings (SSSR count). The lowest BCUT2D eigenvalue weighted by Gasteiger charge is -2.22. The molecule has 1 aromatic heterocycles. The number of aliphatic imine (C=N–C) groups is 1. The molecule has 0 amide bonds. The minimum Gasteiger partial charge on any atom is -0.496 e. The van der Waals surface area contributed by atoms with Gasteiger partial charge in [0.25, 0.3) is 0 Å². The highest BCUT2D eigenvalue weighted by Crippen LogP contribution is 2.25. The van der Waals surface area contributed by atoms with E-state index in [1.807, 2.05) is 26.2 Å². The molecule has 1 aliphatic heterocycles. The number of hydrogen-bond donors (Lipinski definition) is 1. The zero-order valence-electron chi connectivity index (χ0n) is 15.1. The van der Waals surface area contributed by atoms with Crippen LogP contribution in [0.1, 0.15) is 28.4 Å². The van der Waals surface area contributed by atoms with Crippen LogP contribution >= 0.6 is 24.0 Å². The number of benzene rings is 1. The Morgan fingerprint density at radius 1 is 1.24 bits per heavy atom. The molecule has 134 valence electrons. The highest BCUT2D eigenvalue weighted by molar-refractivity contribution is 14.0. The van der Waals surface area contributed by atoms with E-state index in [1.54, 1.807) is 7.11 Å². The van der Waals surface area contributed by atoms with Gasteiger partial charge in [0.05, 0.1) is 31.9 Å². The summed E-state index contributed by atoms with van der Waals surface area (Å²) in [5.74, 6) is 1.82. The van der Waals surface area contributed by atoms with Gasteiger partial charge in [0.2, 0.25) is 0 Å². The van der Waals surface area contributed by atoms with Gasteiger partial charge in [-0.2, -0.15) is 0 Å². The highest BCUT2D eigenvalue weighted by atomic mass is 127. The molecule has 25 heavy (non-hydrogen) atoms. The molecule has 1 unspecified atom stereocenters. The molecule has 6 heteroatoms. The van der Waals surface area contributed by atoms with Crippen LogP contribution in [-0.4, -0.2) is 36.5 Å². The van der Waals surface area contributed by atoms with Crippen molar-refractivity contribution in [2.45, 2.75) is 26.4 Å². The predicted molar refractivity (Wildman–Crippen MR) is 112 cm³/mol. The van der Waals surface area contributed by atoms with E-state index in [2.05, 4.69) is 51.4 Å². The number of hydrogen-bond acceptors (Lipinski definition) is 5. The quantitative estimate of drug-likeness (QED) is 0.723. The first-order chi connectivity index (χ1) is 11.6. The predicted octanol–water partition coefficient (Wildman–Crippen LogP) is 3.46. The van der Waals surface area contributed by atoms with Gasteiger partial charge < -0.3 is 15.0 Å². The van der Waals surface area contributed by atoms with Crippen LogP contribution in [0.15, 0.2) is 41.5 Å². The fourth-order valence-corrected chi connectivity index (χ4v) is 3.06. The molecular weight excluding hydrogens is 427 g/mol. The van der Waals surface area contributed by atoms with Crippen molar-refractivity contribution in [3.8, 4) is 5.75 Å². The van der Waals surface area contributed by atoms with E-state index in [0.29, 0.717) is 6.54 Å². The summed E-state index contributed by atoms with van der Waals surface area (Å²) in [7, 11) is 3.74. The smallest absolute Gasteiger partial charge is 0.194 e. The number of aryl methyl sites for hydroxylation is 1. The standard InChI is InChI=1S/C19H24N4O.HI/c1-13-10-20-17(14(2)18(13)24-4)12-23(3)19-21-11-16(22-19)15-8-6-5-7-9-15;/h5-10,16H,11-12H2,1-4H3,(H,21,22);1H. The topological polar surface area (TPSA) is 49.8 Å².